The molecule has 52 heavy (non-hydrogen) atoms. The van der Waals surface area contributed by atoms with Crippen LogP contribution in [0.25, 0.3) is 10.8 Å². The van der Waals surface area contributed by atoms with Gasteiger partial charge in [0.05, 0.1) is 34.1 Å². The van der Waals surface area contributed by atoms with Crippen LogP contribution in [0.2, 0.25) is 0 Å². The molecule has 16 heteroatoms. The number of hydrogen-bond donors (Lipinski definition) is 2. The fraction of sp³-hybridized carbons (Fsp3) is 0.222. The van der Waals surface area contributed by atoms with E-state index >= 15 is 0 Å². The van der Waals surface area contributed by atoms with Crippen molar-refractivity contribution in [3.05, 3.63) is 96.1 Å². The summed E-state index contributed by atoms with van der Waals surface area (Å²) in [5, 5.41) is 42.5. The van der Waals surface area contributed by atoms with E-state index in [1.165, 1.54) is 48.5 Å². The summed E-state index contributed by atoms with van der Waals surface area (Å²) in [7, 11) is -8.03. The van der Waals surface area contributed by atoms with Crippen molar-refractivity contribution in [3.63, 3.8) is 0 Å². The van der Waals surface area contributed by atoms with Gasteiger partial charge in [0, 0.05) is 85.1 Å². The molecule has 0 aliphatic heterocycles. The van der Waals surface area contributed by atoms with Crippen molar-refractivity contribution in [2.75, 3.05) is 36.8 Å². The Kier molecular flexibility index (Phi) is 13.1. The van der Waals surface area contributed by atoms with Crippen molar-refractivity contribution in [1.82, 2.24) is 8.61 Å². The van der Waals surface area contributed by atoms with Crippen LogP contribution in [0.5, 0.6) is 0 Å². The number of anilines is 2. The average molecular weight is 737 g/mol. The van der Waals surface area contributed by atoms with Gasteiger partial charge in [0.15, 0.2) is 0 Å². The van der Waals surface area contributed by atoms with E-state index in [0.29, 0.717) is 22.1 Å². The molecule has 0 unspecified atom stereocenters. The van der Waals surface area contributed by atoms with Crippen LogP contribution in [-0.2, 0) is 20.0 Å². The summed E-state index contributed by atoms with van der Waals surface area (Å²) in [6, 6.07) is 28.4. The van der Waals surface area contributed by atoms with Crippen LogP contribution in [0.1, 0.15) is 46.4 Å². The Morgan fingerprint density at radius 1 is 0.500 bits per heavy atom. The number of nitrogens with zero attached hydrogens (tertiary/aromatic N) is 6. The highest BCUT2D eigenvalue weighted by Gasteiger charge is 2.26. The summed E-state index contributed by atoms with van der Waals surface area (Å²) in [6.45, 7) is -0.287. The summed E-state index contributed by atoms with van der Waals surface area (Å²) < 4.78 is 54.7. The Morgan fingerprint density at radius 2 is 0.808 bits per heavy atom. The molecule has 0 spiro atoms. The van der Waals surface area contributed by atoms with Gasteiger partial charge in [0.25, 0.3) is 11.8 Å². The second kappa shape index (κ2) is 17.7. The molecule has 0 saturated heterocycles. The van der Waals surface area contributed by atoms with E-state index in [-0.39, 0.29) is 72.8 Å². The molecule has 0 atom stereocenters. The Bertz CT molecular complexity index is 2140. The molecular weight excluding hydrogens is 705 g/mol. The molecule has 2 N–H and O–H groups in total. The Morgan fingerprint density at radius 3 is 1.10 bits per heavy atom. The van der Waals surface area contributed by atoms with Gasteiger partial charge < -0.3 is 10.6 Å². The van der Waals surface area contributed by atoms with Gasteiger partial charge in [-0.05, 0) is 60.7 Å². The SMILES string of the molecule is N#CCCN(CCC#N)S(=O)(=O)c1ccc(C(=O)Nc2cccc3c(NC(=O)c4ccc(S(=O)(=O)N(CCC#N)CCC#N)cc4)cccc23)cc1. The van der Waals surface area contributed by atoms with Gasteiger partial charge in [0.2, 0.25) is 20.0 Å². The lowest BCUT2D eigenvalue weighted by Crippen LogP contribution is -2.32. The first kappa shape index (κ1) is 38.7. The second-order valence-corrected chi connectivity index (χ2v) is 15.0. The van der Waals surface area contributed by atoms with E-state index in [4.69, 9.17) is 21.0 Å². The van der Waals surface area contributed by atoms with Crippen molar-refractivity contribution in [2.45, 2.75) is 35.5 Å². The molecular formula is C36H32N8O6S2. The van der Waals surface area contributed by atoms with Crippen molar-refractivity contribution in [2.24, 2.45) is 0 Å². The number of rotatable bonds is 16. The van der Waals surface area contributed by atoms with Gasteiger partial charge in [0.1, 0.15) is 0 Å². The van der Waals surface area contributed by atoms with Gasteiger partial charge >= 0.3 is 0 Å². The third-order valence-electron chi connectivity index (χ3n) is 7.82. The maximum atomic E-state index is 13.2. The molecule has 0 heterocycles. The summed E-state index contributed by atoms with van der Waals surface area (Å²) in [5.74, 6) is -1.05. The minimum absolute atomic E-state index is 0.0442. The molecule has 0 fully saturated rings. The van der Waals surface area contributed by atoms with Crippen molar-refractivity contribution in [3.8, 4) is 24.3 Å². The van der Waals surface area contributed by atoms with Crippen LogP contribution in [0.15, 0.2) is 94.7 Å². The first-order valence-corrected chi connectivity index (χ1v) is 18.7. The number of fused-ring (bicyclic) bond motifs is 1. The van der Waals surface area contributed by atoms with Crippen LogP contribution >= 0.6 is 0 Å². The van der Waals surface area contributed by atoms with E-state index in [9.17, 15) is 26.4 Å². The number of carbonyl (C=O) groups is 2. The first-order valence-electron chi connectivity index (χ1n) is 15.8. The topological polar surface area (TPSA) is 228 Å². The summed E-state index contributed by atoms with van der Waals surface area (Å²) in [5.41, 5.74) is 1.18. The zero-order valence-electron chi connectivity index (χ0n) is 27.7. The van der Waals surface area contributed by atoms with E-state index in [1.807, 2.05) is 24.3 Å². The molecule has 4 aromatic rings. The highest BCUT2D eigenvalue weighted by molar-refractivity contribution is 7.89. The van der Waals surface area contributed by atoms with Gasteiger partial charge in [-0.25, -0.2) is 16.8 Å². The Hall–Kier alpha value is -6.14. The maximum Gasteiger partial charge on any atom is 0.255 e. The van der Waals surface area contributed by atoms with Crippen LogP contribution in [0.4, 0.5) is 11.4 Å². The van der Waals surface area contributed by atoms with Gasteiger partial charge in [-0.2, -0.15) is 29.7 Å². The number of benzene rings is 4. The highest BCUT2D eigenvalue weighted by Crippen LogP contribution is 2.30. The molecule has 14 nitrogen and oxygen atoms in total. The standard InChI is InChI=1S/C36H32N8O6S2/c37-19-3-23-43(24-4-20-38)51(47,48)29-15-11-27(12-16-29)35(45)41-33-9-1-7-31-32(33)8-2-10-34(31)42-36(46)28-13-17-30(18-14-28)52(49,50)44(25-5-21-39)26-6-22-40/h1-2,7-18H,3-6,23-26H2,(H,41,45)(H,42,46). The first-order chi connectivity index (χ1) is 25.0. The lowest BCUT2D eigenvalue weighted by atomic mass is 10.1. The Balaban J connectivity index is 1.50. The van der Waals surface area contributed by atoms with Gasteiger partial charge in [-0.15, -0.1) is 0 Å². The predicted octanol–water partition coefficient (Wildman–Crippen LogP) is 4.98. The average Bonchev–Trinajstić information content (AvgIpc) is 3.15. The van der Waals surface area contributed by atoms with Crippen LogP contribution in [0, 0.1) is 45.3 Å². The largest absolute Gasteiger partial charge is 0.321 e. The molecule has 0 radical (unpaired) electrons. The summed E-state index contributed by atoms with van der Waals surface area (Å²) >= 11 is 0. The molecule has 0 aromatic heterocycles. The molecule has 264 valence electrons. The van der Waals surface area contributed by atoms with Crippen LogP contribution < -0.4 is 10.6 Å². The number of carbonyl (C=O) groups excluding carboxylic acids is 2. The number of hydrogen-bond acceptors (Lipinski definition) is 10. The van der Waals surface area contributed by atoms with Crippen LogP contribution in [0.3, 0.4) is 0 Å². The van der Waals surface area contributed by atoms with E-state index in [2.05, 4.69) is 10.6 Å². The minimum Gasteiger partial charge on any atom is -0.321 e. The van der Waals surface area contributed by atoms with Gasteiger partial charge in [-0.1, -0.05) is 24.3 Å². The monoisotopic (exact) mass is 736 g/mol. The molecule has 0 saturated carbocycles. The lowest BCUT2D eigenvalue weighted by Gasteiger charge is -2.20. The van der Waals surface area contributed by atoms with Crippen molar-refractivity contribution >= 4 is 54.0 Å². The molecule has 0 aliphatic carbocycles. The van der Waals surface area contributed by atoms with Crippen molar-refractivity contribution < 1.29 is 26.4 Å². The maximum absolute atomic E-state index is 13.2. The van der Waals surface area contributed by atoms with E-state index in [1.54, 1.807) is 36.4 Å². The molecule has 0 bridgehead atoms. The van der Waals surface area contributed by atoms with Gasteiger partial charge in [-0.3, -0.25) is 9.59 Å². The molecule has 0 aliphatic rings. The third-order valence-corrected chi connectivity index (χ3v) is 11.6. The quantitative estimate of drug-likeness (QED) is 0.157. The molecule has 4 rings (SSSR count). The minimum atomic E-state index is -4.01. The molecule has 4 aromatic carbocycles. The zero-order valence-corrected chi connectivity index (χ0v) is 29.3. The van der Waals surface area contributed by atoms with Crippen molar-refractivity contribution in [1.29, 1.82) is 21.0 Å². The third kappa shape index (κ3) is 9.15. The van der Waals surface area contributed by atoms with Crippen LogP contribution in [-0.4, -0.2) is 63.4 Å². The predicted molar refractivity (Wildman–Crippen MR) is 191 cm³/mol. The molecule has 2 amide bonds. The number of nitrogens with one attached hydrogen (secondary N) is 2. The Labute approximate surface area is 301 Å². The lowest BCUT2D eigenvalue weighted by molar-refractivity contribution is 0.101. The van der Waals surface area contributed by atoms with E-state index < -0.39 is 31.9 Å². The smallest absolute Gasteiger partial charge is 0.255 e. The summed E-state index contributed by atoms with van der Waals surface area (Å²) in [6.07, 6.45) is -0.177. The highest BCUT2D eigenvalue weighted by atomic mass is 32.2. The zero-order chi connectivity index (χ0) is 37.7. The number of nitriles is 4. The number of sulfonamides is 2. The second-order valence-electron chi connectivity index (χ2n) is 11.1. The fourth-order valence-electron chi connectivity index (χ4n) is 5.17. The van der Waals surface area contributed by atoms with E-state index in [0.717, 1.165) is 8.61 Å². The fourth-order valence-corrected chi connectivity index (χ4v) is 8.06. The normalized spacial score (nSPS) is 11.3. The summed E-state index contributed by atoms with van der Waals surface area (Å²) in [4.78, 5) is 26.3. The number of amides is 2.